The van der Waals surface area contributed by atoms with Gasteiger partial charge in [0, 0.05) is 38.0 Å². The zero-order valence-electron chi connectivity index (χ0n) is 12.0. The number of ether oxygens (including phenoxy) is 2. The Bertz CT molecular complexity index is 498. The fraction of sp³-hybridized carbons (Fsp3) is 0.462. The predicted molar refractivity (Wildman–Crippen MR) is 84.8 cm³/mol. The number of urea groups is 1. The third kappa shape index (κ3) is 4.67. The summed E-state index contributed by atoms with van der Waals surface area (Å²) in [5.41, 5.74) is 0.625. The molecular weight excluding hydrogens is 314 g/mol. The maximum absolute atomic E-state index is 12.1. The van der Waals surface area contributed by atoms with Crippen molar-refractivity contribution in [3.63, 3.8) is 0 Å². The first-order valence-electron chi connectivity index (χ1n) is 6.49. The van der Waals surface area contributed by atoms with E-state index in [2.05, 4.69) is 9.62 Å². The molecule has 1 aromatic carbocycles. The molecule has 2 rings (SSSR count). The highest BCUT2D eigenvalue weighted by Gasteiger charge is 2.17. The molecule has 0 atom stereocenters. The van der Waals surface area contributed by atoms with Gasteiger partial charge in [-0.1, -0.05) is 11.6 Å². The molecule has 0 aromatic heterocycles. The number of carbonyl (C=O) groups excluding carboxylic acids is 1. The standard InChI is InChI=1S/C13H18ClN3O3S/c1-16(21-17-5-7-20-8-6-17)13(18)15-10-3-4-12(19-2)11(14)9-10/h3-4,9H,5-8H2,1-2H3,(H,15,18). The van der Waals surface area contributed by atoms with Crippen molar-refractivity contribution in [2.75, 3.05) is 45.8 Å². The first-order valence-corrected chi connectivity index (χ1v) is 7.60. The molecule has 1 aliphatic heterocycles. The molecule has 1 aromatic rings. The molecule has 2 amide bonds. The summed E-state index contributed by atoms with van der Waals surface area (Å²) in [5.74, 6) is 0.575. The Kier molecular flexibility index (Phi) is 5.98. The minimum absolute atomic E-state index is 0.215. The molecule has 0 saturated carbocycles. The highest BCUT2D eigenvalue weighted by Crippen LogP contribution is 2.27. The van der Waals surface area contributed by atoms with Gasteiger partial charge >= 0.3 is 6.03 Å². The van der Waals surface area contributed by atoms with Gasteiger partial charge in [0.2, 0.25) is 0 Å². The Morgan fingerprint density at radius 3 is 2.81 bits per heavy atom. The van der Waals surface area contributed by atoms with E-state index >= 15 is 0 Å². The number of methoxy groups -OCH3 is 1. The predicted octanol–water partition coefficient (Wildman–Crippen LogP) is 2.71. The van der Waals surface area contributed by atoms with Crippen LogP contribution in [0.2, 0.25) is 5.02 Å². The van der Waals surface area contributed by atoms with E-state index in [1.54, 1.807) is 36.7 Å². The molecule has 1 aliphatic rings. The lowest BCUT2D eigenvalue weighted by atomic mass is 10.3. The van der Waals surface area contributed by atoms with Crippen LogP contribution in [0.3, 0.4) is 0 Å². The first kappa shape index (κ1) is 16.2. The lowest BCUT2D eigenvalue weighted by Gasteiger charge is -2.28. The summed E-state index contributed by atoms with van der Waals surface area (Å²) in [6.45, 7) is 2.99. The largest absolute Gasteiger partial charge is 0.495 e. The number of rotatable bonds is 4. The van der Waals surface area contributed by atoms with Crippen molar-refractivity contribution >= 4 is 35.5 Å². The van der Waals surface area contributed by atoms with Gasteiger partial charge in [-0.2, -0.15) is 0 Å². The molecule has 1 heterocycles. The number of carbonyl (C=O) groups is 1. The van der Waals surface area contributed by atoms with E-state index in [9.17, 15) is 4.79 Å². The molecule has 21 heavy (non-hydrogen) atoms. The maximum atomic E-state index is 12.1. The second-order valence-electron chi connectivity index (χ2n) is 4.40. The summed E-state index contributed by atoms with van der Waals surface area (Å²) in [7, 11) is 3.27. The molecule has 0 unspecified atom stereocenters. The summed E-state index contributed by atoms with van der Waals surface area (Å²) in [5, 5.41) is 3.25. The van der Waals surface area contributed by atoms with Crippen LogP contribution >= 0.6 is 23.7 Å². The Labute approximate surface area is 133 Å². The van der Waals surface area contributed by atoms with Crippen LogP contribution in [-0.2, 0) is 4.74 Å². The van der Waals surface area contributed by atoms with Gasteiger partial charge in [-0.3, -0.25) is 4.31 Å². The van der Waals surface area contributed by atoms with Crippen LogP contribution in [0.25, 0.3) is 0 Å². The zero-order chi connectivity index (χ0) is 15.2. The lowest BCUT2D eigenvalue weighted by Crippen LogP contribution is -2.36. The molecule has 116 valence electrons. The van der Waals surface area contributed by atoms with Crippen molar-refractivity contribution in [3.8, 4) is 5.75 Å². The second-order valence-corrected chi connectivity index (χ2v) is 6.03. The SMILES string of the molecule is COc1ccc(NC(=O)N(C)SN2CCOCC2)cc1Cl. The number of morpholine rings is 1. The smallest absolute Gasteiger partial charge is 0.332 e. The topological polar surface area (TPSA) is 54.0 Å². The second kappa shape index (κ2) is 7.74. The van der Waals surface area contributed by atoms with Gasteiger partial charge in [-0.15, -0.1) is 0 Å². The van der Waals surface area contributed by atoms with E-state index in [1.807, 2.05) is 0 Å². The third-order valence-corrected chi connectivity index (χ3v) is 4.20. The molecule has 0 spiro atoms. The van der Waals surface area contributed by atoms with E-state index in [1.165, 1.54) is 12.1 Å². The summed E-state index contributed by atoms with van der Waals surface area (Å²) >= 11 is 7.41. The van der Waals surface area contributed by atoms with Crippen LogP contribution in [0.15, 0.2) is 18.2 Å². The fourth-order valence-corrected chi connectivity index (χ4v) is 2.82. The molecule has 0 aliphatic carbocycles. The summed E-state index contributed by atoms with van der Waals surface area (Å²) in [6.07, 6.45) is 0. The molecule has 0 radical (unpaired) electrons. The Morgan fingerprint density at radius 2 is 2.19 bits per heavy atom. The van der Waals surface area contributed by atoms with Gasteiger partial charge in [-0.05, 0) is 18.2 Å². The summed E-state index contributed by atoms with van der Waals surface area (Å²) in [6, 6.07) is 4.90. The average molecular weight is 332 g/mol. The molecule has 1 fully saturated rings. The van der Waals surface area contributed by atoms with Gasteiger partial charge < -0.3 is 14.8 Å². The number of benzene rings is 1. The number of halogens is 1. The Balaban J connectivity index is 1.89. The summed E-state index contributed by atoms with van der Waals surface area (Å²) in [4.78, 5) is 12.1. The van der Waals surface area contributed by atoms with Gasteiger partial charge in [0.25, 0.3) is 0 Å². The van der Waals surface area contributed by atoms with Crippen LogP contribution in [0.1, 0.15) is 0 Å². The van der Waals surface area contributed by atoms with Crippen LogP contribution in [0.4, 0.5) is 10.5 Å². The fourth-order valence-electron chi connectivity index (χ4n) is 1.78. The zero-order valence-corrected chi connectivity index (χ0v) is 13.5. The average Bonchev–Trinajstić information content (AvgIpc) is 2.48. The van der Waals surface area contributed by atoms with Crippen molar-refractivity contribution in [1.29, 1.82) is 0 Å². The molecule has 1 saturated heterocycles. The summed E-state index contributed by atoms with van der Waals surface area (Å²) < 4.78 is 14.0. The van der Waals surface area contributed by atoms with Gasteiger partial charge in [0.1, 0.15) is 5.75 Å². The number of nitrogens with one attached hydrogen (secondary N) is 1. The van der Waals surface area contributed by atoms with E-state index in [4.69, 9.17) is 21.1 Å². The molecule has 0 bridgehead atoms. The van der Waals surface area contributed by atoms with Gasteiger partial charge in [-0.25, -0.2) is 9.10 Å². The molecule has 6 nitrogen and oxygen atoms in total. The van der Waals surface area contributed by atoms with E-state index in [0.29, 0.717) is 29.7 Å². The monoisotopic (exact) mass is 331 g/mol. The van der Waals surface area contributed by atoms with Crippen LogP contribution in [-0.4, -0.2) is 55.1 Å². The van der Waals surface area contributed by atoms with Crippen LogP contribution in [0.5, 0.6) is 5.75 Å². The molecule has 8 heteroatoms. The van der Waals surface area contributed by atoms with Gasteiger partial charge in [0.05, 0.1) is 25.3 Å². The Hall–Kier alpha value is -1.15. The highest BCUT2D eigenvalue weighted by atomic mass is 35.5. The highest BCUT2D eigenvalue weighted by molar-refractivity contribution is 7.95. The number of hydrogen-bond donors (Lipinski definition) is 1. The molecular formula is C13H18ClN3O3S. The van der Waals surface area contributed by atoms with Gasteiger partial charge in [0.15, 0.2) is 0 Å². The minimum Gasteiger partial charge on any atom is -0.495 e. The third-order valence-electron chi connectivity index (χ3n) is 2.90. The lowest BCUT2D eigenvalue weighted by molar-refractivity contribution is 0.0763. The van der Waals surface area contributed by atoms with Crippen molar-refractivity contribution in [2.24, 2.45) is 0 Å². The number of hydrogen-bond acceptors (Lipinski definition) is 5. The molecule has 1 N–H and O–H groups in total. The van der Waals surface area contributed by atoms with E-state index < -0.39 is 0 Å². The van der Waals surface area contributed by atoms with Crippen molar-refractivity contribution in [1.82, 2.24) is 8.61 Å². The number of amides is 2. The van der Waals surface area contributed by atoms with Crippen molar-refractivity contribution in [2.45, 2.75) is 0 Å². The van der Waals surface area contributed by atoms with Crippen LogP contribution < -0.4 is 10.1 Å². The maximum Gasteiger partial charge on any atom is 0.332 e. The van der Waals surface area contributed by atoms with E-state index in [0.717, 1.165) is 13.1 Å². The number of anilines is 1. The first-order chi connectivity index (χ1) is 10.1. The van der Waals surface area contributed by atoms with Crippen molar-refractivity contribution in [3.05, 3.63) is 23.2 Å². The number of nitrogens with zero attached hydrogens (tertiary/aromatic N) is 2. The normalized spacial score (nSPS) is 15.6. The van der Waals surface area contributed by atoms with E-state index in [-0.39, 0.29) is 6.03 Å². The quantitative estimate of drug-likeness (QED) is 0.860. The minimum atomic E-state index is -0.215. The van der Waals surface area contributed by atoms with Crippen molar-refractivity contribution < 1.29 is 14.3 Å². The van der Waals surface area contributed by atoms with Crippen LogP contribution in [0, 0.1) is 0 Å². The Morgan fingerprint density at radius 1 is 1.48 bits per heavy atom.